The lowest BCUT2D eigenvalue weighted by atomic mass is 10.2. The van der Waals surface area contributed by atoms with Crippen molar-refractivity contribution in [2.24, 2.45) is 0 Å². The molecule has 0 aliphatic heterocycles. The van der Waals surface area contributed by atoms with E-state index in [1.807, 2.05) is 18.3 Å². The number of nitrogens with zero attached hydrogens (tertiary/aromatic N) is 3. The van der Waals surface area contributed by atoms with E-state index in [1.165, 1.54) is 15.3 Å². The van der Waals surface area contributed by atoms with E-state index in [0.717, 1.165) is 33.2 Å². The van der Waals surface area contributed by atoms with Crippen molar-refractivity contribution in [3.63, 3.8) is 0 Å². The van der Waals surface area contributed by atoms with Gasteiger partial charge in [-0.25, -0.2) is 9.97 Å². The molecule has 1 aromatic carbocycles. The monoisotopic (exact) mass is 392 g/mol. The fourth-order valence-corrected chi connectivity index (χ4v) is 4.66. The minimum atomic E-state index is 0.694. The van der Waals surface area contributed by atoms with E-state index in [0.29, 0.717) is 6.54 Å². The lowest BCUT2D eigenvalue weighted by Crippen LogP contribution is -2.05. The molecule has 136 valence electrons. The molecule has 3 heterocycles. The molecule has 0 saturated carbocycles. The summed E-state index contributed by atoms with van der Waals surface area (Å²) in [5.74, 6) is 2.51. The first-order valence-corrected chi connectivity index (χ1v) is 10.6. The Morgan fingerprint density at radius 3 is 2.67 bits per heavy atom. The summed E-state index contributed by atoms with van der Waals surface area (Å²) in [7, 11) is 0. The molecule has 0 bridgehead atoms. The number of thioether (sulfide) groups is 1. The third-order valence-electron chi connectivity index (χ3n) is 4.37. The van der Waals surface area contributed by atoms with Gasteiger partial charge in [0.05, 0.1) is 11.1 Å². The zero-order valence-electron chi connectivity index (χ0n) is 15.3. The van der Waals surface area contributed by atoms with Crippen molar-refractivity contribution in [3.8, 4) is 0 Å². The van der Waals surface area contributed by atoms with Crippen LogP contribution in [0.2, 0.25) is 0 Å². The second-order valence-corrected chi connectivity index (χ2v) is 8.52. The molecular weight excluding hydrogens is 372 g/mol. The lowest BCUT2D eigenvalue weighted by Gasteiger charge is -2.10. The standard InChI is InChI=1S/C21H20N4S2/c1-14-15(2)27-21-19(14)20(23-12-16-7-6-10-22-11-16)24-18(25-21)13-26-17-8-4-3-5-9-17/h3-11H,12-13H2,1-2H3,(H,23,24,25). The van der Waals surface area contributed by atoms with Crippen molar-refractivity contribution in [2.45, 2.75) is 31.0 Å². The fraction of sp³-hybridized carbons (Fsp3) is 0.190. The molecule has 4 aromatic rings. The molecule has 4 nitrogen and oxygen atoms in total. The van der Waals surface area contributed by atoms with Gasteiger partial charge in [-0.2, -0.15) is 0 Å². The second-order valence-electron chi connectivity index (χ2n) is 6.27. The number of thiophene rings is 1. The van der Waals surface area contributed by atoms with Gasteiger partial charge in [-0.1, -0.05) is 24.3 Å². The summed E-state index contributed by atoms with van der Waals surface area (Å²) in [5, 5.41) is 4.64. The van der Waals surface area contributed by atoms with Crippen LogP contribution in [0.1, 0.15) is 21.8 Å². The summed E-state index contributed by atoms with van der Waals surface area (Å²) < 4.78 is 0. The van der Waals surface area contributed by atoms with Crippen LogP contribution < -0.4 is 5.32 Å². The van der Waals surface area contributed by atoms with E-state index in [1.54, 1.807) is 29.3 Å². The highest BCUT2D eigenvalue weighted by molar-refractivity contribution is 7.98. The minimum Gasteiger partial charge on any atom is -0.365 e. The Hall–Kier alpha value is -2.44. The van der Waals surface area contributed by atoms with Gasteiger partial charge in [-0.15, -0.1) is 23.1 Å². The highest BCUT2D eigenvalue weighted by Gasteiger charge is 2.15. The van der Waals surface area contributed by atoms with Gasteiger partial charge >= 0.3 is 0 Å². The van der Waals surface area contributed by atoms with Gasteiger partial charge in [0.2, 0.25) is 0 Å². The summed E-state index contributed by atoms with van der Waals surface area (Å²) in [6.07, 6.45) is 3.67. The van der Waals surface area contributed by atoms with E-state index < -0.39 is 0 Å². The van der Waals surface area contributed by atoms with Gasteiger partial charge in [0.1, 0.15) is 16.5 Å². The third kappa shape index (κ3) is 4.12. The largest absolute Gasteiger partial charge is 0.365 e. The molecule has 3 aromatic heterocycles. The third-order valence-corrected chi connectivity index (χ3v) is 6.48. The van der Waals surface area contributed by atoms with E-state index >= 15 is 0 Å². The zero-order valence-corrected chi connectivity index (χ0v) is 16.9. The van der Waals surface area contributed by atoms with Crippen LogP contribution >= 0.6 is 23.1 Å². The smallest absolute Gasteiger partial charge is 0.142 e. The highest BCUT2D eigenvalue weighted by Crippen LogP contribution is 2.34. The van der Waals surface area contributed by atoms with Gasteiger partial charge in [-0.3, -0.25) is 4.98 Å². The van der Waals surface area contributed by atoms with E-state index in [4.69, 9.17) is 9.97 Å². The van der Waals surface area contributed by atoms with Crippen LogP contribution in [0, 0.1) is 13.8 Å². The maximum atomic E-state index is 4.85. The number of nitrogens with one attached hydrogen (secondary N) is 1. The number of aryl methyl sites for hydroxylation is 2. The Balaban J connectivity index is 1.63. The molecular formula is C21H20N4S2. The lowest BCUT2D eigenvalue weighted by molar-refractivity contribution is 1.03. The number of hydrogen-bond donors (Lipinski definition) is 1. The Labute approximate surface area is 167 Å². The molecule has 0 aliphatic carbocycles. The van der Waals surface area contributed by atoms with Crippen molar-refractivity contribution in [1.29, 1.82) is 0 Å². The predicted octanol–water partition coefficient (Wildman–Crippen LogP) is 5.61. The molecule has 0 unspecified atom stereocenters. The molecule has 0 amide bonds. The summed E-state index contributed by atoms with van der Waals surface area (Å²) >= 11 is 3.50. The zero-order chi connectivity index (χ0) is 18.6. The summed E-state index contributed by atoms with van der Waals surface area (Å²) in [6.45, 7) is 4.98. The van der Waals surface area contributed by atoms with Crippen LogP contribution in [0.3, 0.4) is 0 Å². The molecule has 0 radical (unpaired) electrons. The Bertz CT molecular complexity index is 1050. The summed E-state index contributed by atoms with van der Waals surface area (Å²) in [4.78, 5) is 17.4. The van der Waals surface area contributed by atoms with E-state index in [-0.39, 0.29) is 0 Å². The van der Waals surface area contributed by atoms with Gasteiger partial charge in [0, 0.05) is 28.7 Å². The first-order chi connectivity index (χ1) is 13.2. The summed E-state index contributed by atoms with van der Waals surface area (Å²) in [5.41, 5.74) is 2.39. The van der Waals surface area contributed by atoms with E-state index in [2.05, 4.69) is 54.5 Å². The number of aromatic nitrogens is 3. The molecule has 0 saturated heterocycles. The second kappa shape index (κ2) is 8.06. The molecule has 0 fully saturated rings. The molecule has 1 N–H and O–H groups in total. The Kier molecular flexibility index (Phi) is 5.36. The highest BCUT2D eigenvalue weighted by atomic mass is 32.2. The number of benzene rings is 1. The van der Waals surface area contributed by atoms with Crippen molar-refractivity contribution in [1.82, 2.24) is 15.0 Å². The van der Waals surface area contributed by atoms with Crippen LogP contribution in [0.4, 0.5) is 5.82 Å². The normalized spacial score (nSPS) is 11.0. The van der Waals surface area contributed by atoms with Gasteiger partial charge in [0.15, 0.2) is 0 Å². The predicted molar refractivity (Wildman–Crippen MR) is 114 cm³/mol. The number of fused-ring (bicyclic) bond motifs is 1. The topological polar surface area (TPSA) is 50.7 Å². The number of anilines is 1. The number of rotatable bonds is 6. The maximum absolute atomic E-state index is 4.85. The number of hydrogen-bond acceptors (Lipinski definition) is 6. The molecule has 0 aliphatic rings. The molecule has 4 rings (SSSR count). The first-order valence-electron chi connectivity index (χ1n) is 8.78. The van der Waals surface area contributed by atoms with Gasteiger partial charge in [-0.05, 0) is 43.2 Å². The first kappa shape index (κ1) is 17.9. The van der Waals surface area contributed by atoms with Crippen molar-refractivity contribution < 1.29 is 0 Å². The van der Waals surface area contributed by atoms with E-state index in [9.17, 15) is 0 Å². The maximum Gasteiger partial charge on any atom is 0.142 e. The molecule has 0 spiro atoms. The minimum absolute atomic E-state index is 0.694. The van der Waals surface area contributed by atoms with Crippen molar-refractivity contribution in [2.75, 3.05) is 5.32 Å². The van der Waals surface area contributed by atoms with Crippen LogP contribution in [0.15, 0.2) is 59.8 Å². The summed E-state index contributed by atoms with van der Waals surface area (Å²) in [6, 6.07) is 14.4. The molecule has 27 heavy (non-hydrogen) atoms. The van der Waals surface area contributed by atoms with Crippen molar-refractivity contribution >= 4 is 39.1 Å². The van der Waals surface area contributed by atoms with Crippen LogP contribution in [0.25, 0.3) is 10.2 Å². The molecule has 6 heteroatoms. The van der Waals surface area contributed by atoms with Crippen molar-refractivity contribution in [3.05, 3.63) is 76.7 Å². The Morgan fingerprint density at radius 2 is 1.89 bits per heavy atom. The fourth-order valence-electron chi connectivity index (χ4n) is 2.84. The van der Waals surface area contributed by atoms with Gasteiger partial charge < -0.3 is 5.32 Å². The average molecular weight is 393 g/mol. The Morgan fingerprint density at radius 1 is 1.04 bits per heavy atom. The van der Waals surface area contributed by atoms with Crippen LogP contribution in [0.5, 0.6) is 0 Å². The molecule has 0 atom stereocenters. The SMILES string of the molecule is Cc1sc2nc(CSc3ccccc3)nc(NCc3cccnc3)c2c1C. The number of pyridine rings is 1. The average Bonchev–Trinajstić information content (AvgIpc) is 3.00. The quantitative estimate of drug-likeness (QED) is 0.432. The van der Waals surface area contributed by atoms with Gasteiger partial charge in [0.25, 0.3) is 0 Å². The van der Waals surface area contributed by atoms with Crippen LogP contribution in [-0.4, -0.2) is 15.0 Å². The van der Waals surface area contributed by atoms with Crippen LogP contribution in [-0.2, 0) is 12.3 Å².